The summed E-state index contributed by atoms with van der Waals surface area (Å²) in [5.41, 5.74) is 2.43. The topological polar surface area (TPSA) is 12.0 Å². The molecule has 0 fully saturated rings. The standard InChI is InChI=1S/C10H13NS/c1-3-8-5-4-6-9(7-8)10(12)11-2/h4-7H,3H2,1-2H3,(H,11,12). The minimum atomic E-state index is 0.810. The van der Waals surface area contributed by atoms with E-state index < -0.39 is 0 Å². The fraction of sp³-hybridized carbons (Fsp3) is 0.300. The van der Waals surface area contributed by atoms with Crippen LogP contribution in [-0.4, -0.2) is 12.0 Å². The Kier molecular flexibility index (Phi) is 3.23. The highest BCUT2D eigenvalue weighted by molar-refractivity contribution is 7.80. The van der Waals surface area contributed by atoms with Crippen molar-refractivity contribution < 1.29 is 0 Å². The molecule has 2 heteroatoms. The molecule has 0 aliphatic heterocycles. The highest BCUT2D eigenvalue weighted by atomic mass is 32.1. The van der Waals surface area contributed by atoms with E-state index in [1.165, 1.54) is 5.56 Å². The number of nitrogens with one attached hydrogen (secondary N) is 1. The van der Waals surface area contributed by atoms with Gasteiger partial charge in [0.25, 0.3) is 0 Å². The Hall–Kier alpha value is -0.890. The minimum absolute atomic E-state index is 0.810. The normalized spacial score (nSPS) is 9.50. The molecule has 0 bridgehead atoms. The molecule has 1 N–H and O–H groups in total. The number of benzene rings is 1. The first-order valence-electron chi connectivity index (χ1n) is 4.09. The number of aryl methyl sites for hydroxylation is 1. The molecule has 0 amide bonds. The lowest BCUT2D eigenvalue weighted by molar-refractivity contribution is 1.13. The lowest BCUT2D eigenvalue weighted by Crippen LogP contribution is -2.16. The van der Waals surface area contributed by atoms with E-state index >= 15 is 0 Å². The summed E-state index contributed by atoms with van der Waals surface area (Å²) >= 11 is 5.12. The van der Waals surface area contributed by atoms with Crippen LogP contribution in [0.4, 0.5) is 0 Å². The van der Waals surface area contributed by atoms with Gasteiger partial charge < -0.3 is 5.32 Å². The molecule has 0 saturated heterocycles. The molecule has 0 aliphatic rings. The van der Waals surface area contributed by atoms with E-state index in [0.29, 0.717) is 0 Å². The van der Waals surface area contributed by atoms with E-state index in [4.69, 9.17) is 12.2 Å². The van der Waals surface area contributed by atoms with Crippen molar-refractivity contribution in [2.45, 2.75) is 13.3 Å². The third-order valence-corrected chi connectivity index (χ3v) is 2.26. The molecule has 12 heavy (non-hydrogen) atoms. The maximum absolute atomic E-state index is 5.12. The average molecular weight is 179 g/mol. The lowest BCUT2D eigenvalue weighted by atomic mass is 10.1. The molecule has 1 nitrogen and oxygen atoms in total. The molecular formula is C10H13NS. The van der Waals surface area contributed by atoms with Crippen LogP contribution in [0.25, 0.3) is 0 Å². The lowest BCUT2D eigenvalue weighted by Gasteiger charge is -2.03. The molecule has 0 saturated carbocycles. The largest absolute Gasteiger partial charge is 0.379 e. The quantitative estimate of drug-likeness (QED) is 0.698. The van der Waals surface area contributed by atoms with E-state index in [0.717, 1.165) is 17.0 Å². The van der Waals surface area contributed by atoms with Crippen molar-refractivity contribution >= 4 is 17.2 Å². The maximum Gasteiger partial charge on any atom is 0.106 e. The molecule has 1 rings (SSSR count). The SMILES string of the molecule is CCc1cccc(C(=S)NC)c1. The van der Waals surface area contributed by atoms with Crippen LogP contribution in [0.2, 0.25) is 0 Å². The number of hydrogen-bond acceptors (Lipinski definition) is 1. The first kappa shape index (κ1) is 9.20. The Bertz CT molecular complexity index is 281. The Morgan fingerprint density at radius 1 is 1.50 bits per heavy atom. The van der Waals surface area contributed by atoms with Crippen LogP contribution < -0.4 is 5.32 Å². The van der Waals surface area contributed by atoms with E-state index in [-0.39, 0.29) is 0 Å². The second kappa shape index (κ2) is 4.21. The van der Waals surface area contributed by atoms with Crippen LogP contribution in [0.15, 0.2) is 24.3 Å². The molecular weight excluding hydrogens is 166 g/mol. The van der Waals surface area contributed by atoms with Gasteiger partial charge in [-0.1, -0.05) is 37.3 Å². The van der Waals surface area contributed by atoms with E-state index in [2.05, 4.69) is 24.4 Å². The van der Waals surface area contributed by atoms with Crippen molar-refractivity contribution in [1.82, 2.24) is 5.32 Å². The Balaban J connectivity index is 2.93. The van der Waals surface area contributed by atoms with Crippen molar-refractivity contribution in [3.05, 3.63) is 35.4 Å². The highest BCUT2D eigenvalue weighted by Crippen LogP contribution is 2.05. The average Bonchev–Trinajstić information content (AvgIpc) is 2.17. The zero-order valence-electron chi connectivity index (χ0n) is 7.42. The molecule has 0 aliphatic carbocycles. The van der Waals surface area contributed by atoms with Gasteiger partial charge in [-0.25, -0.2) is 0 Å². The Morgan fingerprint density at radius 3 is 2.83 bits per heavy atom. The first-order valence-corrected chi connectivity index (χ1v) is 4.49. The summed E-state index contributed by atoms with van der Waals surface area (Å²) in [7, 11) is 1.85. The molecule has 1 aromatic carbocycles. The minimum Gasteiger partial charge on any atom is -0.379 e. The molecule has 0 radical (unpaired) electrons. The third kappa shape index (κ3) is 2.05. The molecule has 0 aromatic heterocycles. The Morgan fingerprint density at radius 2 is 2.25 bits per heavy atom. The van der Waals surface area contributed by atoms with Gasteiger partial charge in [-0.2, -0.15) is 0 Å². The summed E-state index contributed by atoms with van der Waals surface area (Å²) in [4.78, 5) is 0.810. The summed E-state index contributed by atoms with van der Waals surface area (Å²) in [6.45, 7) is 2.14. The zero-order valence-corrected chi connectivity index (χ0v) is 8.24. The van der Waals surface area contributed by atoms with Crippen LogP contribution in [-0.2, 0) is 6.42 Å². The van der Waals surface area contributed by atoms with E-state index in [1.807, 2.05) is 19.2 Å². The number of thiocarbonyl (C=S) groups is 1. The second-order valence-electron chi connectivity index (χ2n) is 2.63. The molecule has 0 unspecified atom stereocenters. The summed E-state index contributed by atoms with van der Waals surface area (Å²) in [5.74, 6) is 0. The highest BCUT2D eigenvalue weighted by Gasteiger charge is 1.97. The van der Waals surface area contributed by atoms with Gasteiger partial charge in [-0.3, -0.25) is 0 Å². The van der Waals surface area contributed by atoms with Crippen molar-refractivity contribution in [1.29, 1.82) is 0 Å². The fourth-order valence-electron chi connectivity index (χ4n) is 1.08. The van der Waals surface area contributed by atoms with Gasteiger partial charge in [0.1, 0.15) is 4.99 Å². The van der Waals surface area contributed by atoms with Crippen molar-refractivity contribution in [3.63, 3.8) is 0 Å². The summed E-state index contributed by atoms with van der Waals surface area (Å²) in [6, 6.07) is 8.30. The predicted molar refractivity (Wildman–Crippen MR) is 56.6 cm³/mol. The molecule has 1 aromatic rings. The number of hydrogen-bond donors (Lipinski definition) is 1. The van der Waals surface area contributed by atoms with E-state index in [1.54, 1.807) is 0 Å². The van der Waals surface area contributed by atoms with Gasteiger partial charge in [0.05, 0.1) is 0 Å². The fourth-order valence-corrected chi connectivity index (χ4v) is 1.20. The van der Waals surface area contributed by atoms with Gasteiger partial charge in [0, 0.05) is 12.6 Å². The Labute approximate surface area is 78.8 Å². The third-order valence-electron chi connectivity index (χ3n) is 1.82. The van der Waals surface area contributed by atoms with Crippen LogP contribution in [0.5, 0.6) is 0 Å². The zero-order chi connectivity index (χ0) is 8.97. The van der Waals surface area contributed by atoms with Crippen molar-refractivity contribution in [3.8, 4) is 0 Å². The van der Waals surface area contributed by atoms with Crippen LogP contribution >= 0.6 is 12.2 Å². The van der Waals surface area contributed by atoms with Gasteiger partial charge in [0.2, 0.25) is 0 Å². The second-order valence-corrected chi connectivity index (χ2v) is 3.04. The van der Waals surface area contributed by atoms with Crippen molar-refractivity contribution in [2.24, 2.45) is 0 Å². The van der Waals surface area contributed by atoms with Gasteiger partial charge in [0.15, 0.2) is 0 Å². The van der Waals surface area contributed by atoms with Gasteiger partial charge in [-0.05, 0) is 18.1 Å². The molecule has 64 valence electrons. The molecule has 0 heterocycles. The van der Waals surface area contributed by atoms with Crippen molar-refractivity contribution in [2.75, 3.05) is 7.05 Å². The molecule has 0 atom stereocenters. The van der Waals surface area contributed by atoms with Gasteiger partial charge >= 0.3 is 0 Å². The maximum atomic E-state index is 5.12. The van der Waals surface area contributed by atoms with Crippen LogP contribution in [0, 0.1) is 0 Å². The first-order chi connectivity index (χ1) is 5.77. The smallest absolute Gasteiger partial charge is 0.106 e. The van der Waals surface area contributed by atoms with E-state index in [9.17, 15) is 0 Å². The number of rotatable bonds is 2. The van der Waals surface area contributed by atoms with Crippen LogP contribution in [0.3, 0.4) is 0 Å². The van der Waals surface area contributed by atoms with Gasteiger partial charge in [-0.15, -0.1) is 0 Å². The molecule has 0 spiro atoms. The summed E-state index contributed by atoms with van der Waals surface area (Å²) in [6.07, 6.45) is 1.06. The summed E-state index contributed by atoms with van der Waals surface area (Å²) in [5, 5.41) is 2.96. The predicted octanol–water partition coefficient (Wildman–Crippen LogP) is 2.14. The van der Waals surface area contributed by atoms with Crippen LogP contribution in [0.1, 0.15) is 18.1 Å². The monoisotopic (exact) mass is 179 g/mol. The summed E-state index contributed by atoms with van der Waals surface area (Å²) < 4.78 is 0.